The minimum Gasteiger partial charge on any atom is -0.456 e. The van der Waals surface area contributed by atoms with Crippen molar-refractivity contribution in [2.75, 3.05) is 0 Å². The first kappa shape index (κ1) is 10.6. The van der Waals surface area contributed by atoms with Gasteiger partial charge in [0.1, 0.15) is 17.2 Å². The third kappa shape index (κ3) is 1.70. The van der Waals surface area contributed by atoms with Gasteiger partial charge in [0.2, 0.25) is 0 Å². The molecule has 0 bridgehead atoms. The van der Waals surface area contributed by atoms with Crippen molar-refractivity contribution >= 4 is 5.71 Å². The Morgan fingerprint density at radius 2 is 2.18 bits per heavy atom. The molecule has 3 rings (SSSR count). The molecule has 0 saturated carbocycles. The quantitative estimate of drug-likeness (QED) is 0.752. The Hall–Kier alpha value is -1.51. The van der Waals surface area contributed by atoms with Crippen molar-refractivity contribution in [1.29, 1.82) is 0 Å². The van der Waals surface area contributed by atoms with E-state index >= 15 is 0 Å². The molecular formula is C14H18N2O. The zero-order valence-corrected chi connectivity index (χ0v) is 10.3. The van der Waals surface area contributed by atoms with Crippen LogP contribution < -0.4 is 5.73 Å². The normalized spacial score (nSPS) is 23.6. The van der Waals surface area contributed by atoms with Crippen LogP contribution in [0.2, 0.25) is 0 Å². The van der Waals surface area contributed by atoms with Gasteiger partial charge in [0, 0.05) is 6.42 Å². The van der Waals surface area contributed by atoms with E-state index in [1.165, 1.54) is 30.4 Å². The number of rotatable bonds is 1. The van der Waals surface area contributed by atoms with Crippen LogP contribution in [0.15, 0.2) is 39.6 Å². The Morgan fingerprint density at radius 1 is 1.35 bits per heavy atom. The van der Waals surface area contributed by atoms with Crippen LogP contribution in [0.4, 0.5) is 0 Å². The molecule has 0 unspecified atom stereocenters. The van der Waals surface area contributed by atoms with Gasteiger partial charge in [-0.25, -0.2) is 4.99 Å². The maximum atomic E-state index is 5.94. The summed E-state index contributed by atoms with van der Waals surface area (Å²) in [6.45, 7) is 2.04. The van der Waals surface area contributed by atoms with E-state index in [-0.39, 0.29) is 0 Å². The lowest BCUT2D eigenvalue weighted by Crippen LogP contribution is -2.23. The molecule has 0 radical (unpaired) electrons. The van der Waals surface area contributed by atoms with Gasteiger partial charge in [-0.1, -0.05) is 12.5 Å². The molecule has 3 aliphatic rings. The van der Waals surface area contributed by atoms with Gasteiger partial charge < -0.3 is 10.5 Å². The van der Waals surface area contributed by atoms with E-state index in [4.69, 9.17) is 10.5 Å². The molecule has 2 N–H and O–H groups in total. The molecule has 0 amide bonds. The van der Waals surface area contributed by atoms with Gasteiger partial charge in [-0.2, -0.15) is 0 Å². The summed E-state index contributed by atoms with van der Waals surface area (Å²) in [6, 6.07) is 0. The topological polar surface area (TPSA) is 47.6 Å². The Kier molecular flexibility index (Phi) is 2.54. The molecule has 0 saturated heterocycles. The first-order chi connectivity index (χ1) is 8.29. The first-order valence-electron chi connectivity index (χ1n) is 6.46. The van der Waals surface area contributed by atoms with Crippen molar-refractivity contribution in [2.24, 2.45) is 10.7 Å². The van der Waals surface area contributed by atoms with Crippen LogP contribution in [0, 0.1) is 0 Å². The summed E-state index contributed by atoms with van der Waals surface area (Å²) >= 11 is 0. The highest BCUT2D eigenvalue weighted by molar-refractivity contribution is 6.13. The van der Waals surface area contributed by atoms with Crippen molar-refractivity contribution in [1.82, 2.24) is 0 Å². The summed E-state index contributed by atoms with van der Waals surface area (Å²) < 4.78 is 5.85. The molecule has 1 aliphatic heterocycles. The highest BCUT2D eigenvalue weighted by Crippen LogP contribution is 2.37. The average molecular weight is 230 g/mol. The van der Waals surface area contributed by atoms with Crippen LogP contribution in [0.1, 0.15) is 45.4 Å². The summed E-state index contributed by atoms with van der Waals surface area (Å²) in [6.07, 6.45) is 8.89. The fourth-order valence-corrected chi connectivity index (χ4v) is 2.77. The number of hydrogen-bond donors (Lipinski definition) is 1. The fourth-order valence-electron chi connectivity index (χ4n) is 2.77. The molecule has 3 nitrogen and oxygen atoms in total. The Bertz CT molecular complexity index is 480. The number of nitrogens with two attached hydrogens (primary N) is 1. The molecule has 1 heterocycles. The number of nitrogens with zero attached hydrogens (tertiary/aromatic N) is 1. The monoisotopic (exact) mass is 230 g/mol. The summed E-state index contributed by atoms with van der Waals surface area (Å²) in [7, 11) is 0. The average Bonchev–Trinajstić information content (AvgIpc) is 2.38. The third-order valence-electron chi connectivity index (χ3n) is 3.71. The minimum atomic E-state index is 0.555. The fraction of sp³-hybridized carbons (Fsp3) is 0.500. The van der Waals surface area contributed by atoms with Gasteiger partial charge in [-0.3, -0.25) is 0 Å². The summed E-state index contributed by atoms with van der Waals surface area (Å²) in [5.41, 5.74) is 9.87. The van der Waals surface area contributed by atoms with Gasteiger partial charge in [-0.05, 0) is 43.8 Å². The van der Waals surface area contributed by atoms with Gasteiger partial charge in [0.05, 0.1) is 0 Å². The molecule has 2 aliphatic carbocycles. The molecule has 0 atom stereocenters. The lowest BCUT2D eigenvalue weighted by molar-refractivity contribution is 0.301. The molecular weight excluding hydrogens is 212 g/mol. The number of fused-ring (bicyclic) bond motifs is 2. The van der Waals surface area contributed by atoms with E-state index in [1.807, 2.05) is 6.92 Å². The number of ether oxygens (including phenoxy) is 1. The van der Waals surface area contributed by atoms with Crippen LogP contribution in [-0.2, 0) is 4.74 Å². The number of hydrogen-bond acceptors (Lipinski definition) is 3. The van der Waals surface area contributed by atoms with Crippen LogP contribution in [-0.4, -0.2) is 5.71 Å². The van der Waals surface area contributed by atoms with Crippen molar-refractivity contribution in [2.45, 2.75) is 45.4 Å². The first-order valence-corrected chi connectivity index (χ1v) is 6.46. The zero-order chi connectivity index (χ0) is 11.8. The van der Waals surface area contributed by atoms with Crippen molar-refractivity contribution in [3.8, 4) is 0 Å². The Morgan fingerprint density at radius 3 is 3.00 bits per heavy atom. The predicted molar refractivity (Wildman–Crippen MR) is 68.2 cm³/mol. The molecule has 0 aromatic rings. The lowest BCUT2D eigenvalue weighted by Gasteiger charge is -2.29. The Labute approximate surface area is 102 Å². The van der Waals surface area contributed by atoms with Gasteiger partial charge in [-0.15, -0.1) is 0 Å². The van der Waals surface area contributed by atoms with E-state index in [1.54, 1.807) is 0 Å². The van der Waals surface area contributed by atoms with E-state index < -0.39 is 0 Å². The molecule has 3 heteroatoms. The van der Waals surface area contributed by atoms with Crippen molar-refractivity contribution in [3.05, 3.63) is 34.6 Å². The summed E-state index contributed by atoms with van der Waals surface area (Å²) in [5, 5.41) is 0. The smallest absolute Gasteiger partial charge is 0.163 e. The molecule has 0 fully saturated rings. The highest BCUT2D eigenvalue weighted by Gasteiger charge is 2.28. The van der Waals surface area contributed by atoms with E-state index in [2.05, 4.69) is 11.1 Å². The molecule has 90 valence electrons. The summed E-state index contributed by atoms with van der Waals surface area (Å²) in [4.78, 5) is 4.56. The molecule has 17 heavy (non-hydrogen) atoms. The SMILES string of the molecule is CCC1=C(N)N=C2C(=CCC3=C2CCCC3)O1. The third-order valence-corrected chi connectivity index (χ3v) is 3.71. The largest absolute Gasteiger partial charge is 0.456 e. The second-order valence-corrected chi connectivity index (χ2v) is 4.79. The van der Waals surface area contributed by atoms with E-state index in [9.17, 15) is 0 Å². The standard InChI is InChI=1S/C14H18N2O/c1-2-11-14(15)16-13-10-6-4-3-5-9(10)7-8-12(13)17-11/h8H,2-7,15H2,1H3. The van der Waals surface area contributed by atoms with Crippen LogP contribution in [0.25, 0.3) is 0 Å². The van der Waals surface area contributed by atoms with Crippen molar-refractivity contribution in [3.63, 3.8) is 0 Å². The van der Waals surface area contributed by atoms with Crippen LogP contribution in [0.5, 0.6) is 0 Å². The van der Waals surface area contributed by atoms with Crippen LogP contribution >= 0.6 is 0 Å². The van der Waals surface area contributed by atoms with E-state index in [0.717, 1.165) is 36.5 Å². The summed E-state index contributed by atoms with van der Waals surface area (Å²) in [5.74, 6) is 2.29. The van der Waals surface area contributed by atoms with Crippen LogP contribution in [0.3, 0.4) is 0 Å². The number of allylic oxidation sites excluding steroid dienone is 4. The highest BCUT2D eigenvalue weighted by atomic mass is 16.5. The maximum Gasteiger partial charge on any atom is 0.163 e. The van der Waals surface area contributed by atoms with E-state index in [0.29, 0.717) is 5.82 Å². The zero-order valence-electron chi connectivity index (χ0n) is 10.3. The minimum absolute atomic E-state index is 0.555. The van der Waals surface area contributed by atoms with Gasteiger partial charge >= 0.3 is 0 Å². The maximum absolute atomic E-state index is 5.94. The predicted octanol–water partition coefficient (Wildman–Crippen LogP) is 3.15. The van der Waals surface area contributed by atoms with Crippen molar-refractivity contribution < 1.29 is 4.74 Å². The second kappa shape index (κ2) is 4.06. The van der Waals surface area contributed by atoms with Gasteiger partial charge in [0.25, 0.3) is 0 Å². The lowest BCUT2D eigenvalue weighted by atomic mass is 9.83. The number of aliphatic imine (C=N–C) groups is 1. The molecule has 0 aromatic heterocycles. The second-order valence-electron chi connectivity index (χ2n) is 4.79. The molecule has 0 spiro atoms. The van der Waals surface area contributed by atoms with Gasteiger partial charge in [0.15, 0.2) is 5.82 Å². The Balaban J connectivity index is 2.04. The molecule has 0 aromatic carbocycles.